The SMILES string of the molecule is C.C.ClP(Cl)(Cl)(Cl)Cl.Clc1ccc2ccc3ccc(Cl)nc3c2n1.Cn1c(=O)ccc2ccc3ccc(Cl)nc3c21.O=P(Cl)(Cl)Cl. The van der Waals surface area contributed by atoms with E-state index in [9.17, 15) is 9.36 Å². The molecule has 6 rings (SSSR count). The number of pyridine rings is 4. The standard InChI is InChI=1S/C13H9ClN2O.C12H6Cl2N2.2CH4.Cl5P.Cl3OP/c1-16-11(17)7-5-9-3-2-8-4-6-10(14)15-12(8)13(9)16;13-9-5-3-7-1-2-8-4-6-10(14)16-12(8)11(7)15-9;;;1-6(2,3,4)5;1-5(2,3)4/h2-7H,1H3;1-6H;2*1H4;;. The Bertz CT molecular complexity index is 2010. The van der Waals surface area contributed by atoms with Crippen LogP contribution in [0.1, 0.15) is 14.9 Å². The Labute approximate surface area is 318 Å². The van der Waals surface area contributed by atoms with Crippen LogP contribution in [0.25, 0.3) is 43.6 Å². The second-order valence-electron chi connectivity index (χ2n) is 8.45. The Morgan fingerprint density at radius 3 is 1.20 bits per heavy atom. The third-order valence-corrected chi connectivity index (χ3v) is 5.99. The van der Waals surface area contributed by atoms with Crippen LogP contribution < -0.4 is 5.56 Å². The summed E-state index contributed by atoms with van der Waals surface area (Å²) in [4.78, 5) is 24.6. The molecule has 0 atom stereocenters. The zero-order valence-corrected chi connectivity index (χ0v) is 31.7. The van der Waals surface area contributed by atoms with E-state index in [1.54, 1.807) is 41.9 Å². The van der Waals surface area contributed by atoms with E-state index in [0.29, 0.717) is 15.5 Å². The molecule has 4 aromatic heterocycles. The number of hydrogen-bond acceptors (Lipinski definition) is 5. The minimum Gasteiger partial charge on any atom is -0.309 e. The van der Waals surface area contributed by atoms with E-state index in [0.717, 1.165) is 43.6 Å². The molecular formula is C27H23Cl11N4O2P2. The van der Waals surface area contributed by atoms with E-state index in [4.69, 9.17) is 91.0 Å². The van der Waals surface area contributed by atoms with Crippen LogP contribution in [0.2, 0.25) is 15.5 Å². The van der Waals surface area contributed by atoms with Crippen molar-refractivity contribution in [1.29, 1.82) is 0 Å². The first kappa shape index (κ1) is 43.8. The molecule has 0 unspecified atom stereocenters. The summed E-state index contributed by atoms with van der Waals surface area (Å²) in [5, 5.41) is 2.10. The summed E-state index contributed by atoms with van der Waals surface area (Å²) in [6, 6.07) is 22.3. The van der Waals surface area contributed by atoms with Gasteiger partial charge < -0.3 is 4.57 Å². The summed E-state index contributed by atoms with van der Waals surface area (Å²) >= 11 is 56.4. The number of rotatable bonds is 0. The maximum absolute atomic E-state index is 11.7. The van der Waals surface area contributed by atoms with E-state index in [-0.39, 0.29) is 20.4 Å². The van der Waals surface area contributed by atoms with Crippen LogP contribution in [0.3, 0.4) is 0 Å². The van der Waals surface area contributed by atoms with Crippen molar-refractivity contribution in [3.05, 3.63) is 98.6 Å². The minimum absolute atomic E-state index is 0. The van der Waals surface area contributed by atoms with E-state index < -0.39 is 8.57 Å². The molecule has 2 aromatic carbocycles. The van der Waals surface area contributed by atoms with Crippen molar-refractivity contribution < 1.29 is 4.57 Å². The topological polar surface area (TPSA) is 77.7 Å². The third kappa shape index (κ3) is 14.7. The summed E-state index contributed by atoms with van der Waals surface area (Å²) in [5.41, 5.74) is 3.10. The molecule has 0 fully saturated rings. The molecule has 0 aliphatic rings. The number of benzene rings is 2. The molecule has 0 saturated carbocycles. The van der Waals surface area contributed by atoms with Gasteiger partial charge in [0.05, 0.1) is 22.1 Å². The molecule has 6 nitrogen and oxygen atoms in total. The monoisotopic (exact) mass is 882 g/mol. The second-order valence-corrected chi connectivity index (χ2v) is 32.9. The number of halogens is 11. The second kappa shape index (κ2) is 17.6. The molecule has 19 heteroatoms. The maximum atomic E-state index is 11.7. The van der Waals surface area contributed by atoms with Crippen LogP contribution in [0.15, 0.2) is 77.6 Å². The Kier molecular flexibility index (Phi) is 16.7. The zero-order chi connectivity index (χ0) is 33.1. The molecule has 6 aromatic rings. The fourth-order valence-corrected chi connectivity index (χ4v) is 4.20. The molecule has 0 amide bonds. The van der Waals surface area contributed by atoms with Crippen LogP contribution in [0.4, 0.5) is 0 Å². The van der Waals surface area contributed by atoms with E-state index in [1.807, 2.05) is 42.5 Å². The number of nitrogens with zero attached hydrogens (tertiary/aromatic N) is 4. The average molecular weight is 887 g/mol. The van der Waals surface area contributed by atoms with Gasteiger partial charge in [-0.2, -0.15) is 0 Å². The minimum atomic E-state index is -3.69. The van der Waals surface area contributed by atoms with E-state index >= 15 is 0 Å². The van der Waals surface area contributed by atoms with Crippen LogP contribution in [-0.4, -0.2) is 19.5 Å². The van der Waals surface area contributed by atoms with Crippen LogP contribution in [0, 0.1) is 0 Å². The van der Waals surface area contributed by atoms with Crippen LogP contribution in [-0.2, 0) is 11.6 Å². The Hall–Kier alpha value is -0.270. The summed E-state index contributed by atoms with van der Waals surface area (Å²) in [5.74, 6) is 0. The molecule has 0 aliphatic carbocycles. The largest absolute Gasteiger partial charge is 0.339 e. The quantitative estimate of drug-likeness (QED) is 0.0862. The molecule has 0 N–H and O–H groups in total. The van der Waals surface area contributed by atoms with Crippen molar-refractivity contribution in [2.45, 2.75) is 14.9 Å². The molecule has 4 heterocycles. The van der Waals surface area contributed by atoms with Gasteiger partial charge in [0.2, 0.25) is 0 Å². The van der Waals surface area contributed by atoms with Crippen molar-refractivity contribution >= 4 is 177 Å². The Balaban J connectivity index is 0.000000340. The first-order valence-corrected chi connectivity index (χ1v) is 23.8. The van der Waals surface area contributed by atoms with Gasteiger partial charge in [-0.1, -0.05) is 73.9 Å². The van der Waals surface area contributed by atoms with E-state index in [1.165, 1.54) is 0 Å². The molecule has 0 radical (unpaired) electrons. The van der Waals surface area contributed by atoms with Gasteiger partial charge in [0.25, 0.3) is 5.56 Å². The number of fused-ring (bicyclic) bond motifs is 6. The molecular weight excluding hydrogens is 864 g/mol. The fraction of sp³-hybridized carbons (Fsp3) is 0.111. The first-order chi connectivity index (χ1) is 20.1. The third-order valence-electron chi connectivity index (χ3n) is 5.36. The molecule has 0 spiro atoms. The molecule has 0 saturated heterocycles. The molecule has 46 heavy (non-hydrogen) atoms. The molecule has 0 aliphatic heterocycles. The summed E-state index contributed by atoms with van der Waals surface area (Å²) in [6.45, 7) is 0. The predicted molar refractivity (Wildman–Crippen MR) is 211 cm³/mol. The molecule has 0 bridgehead atoms. The van der Waals surface area contributed by atoms with E-state index in [2.05, 4.69) is 48.7 Å². The van der Waals surface area contributed by atoms with Gasteiger partial charge in [-0.3, -0.25) is 9.36 Å². The van der Waals surface area contributed by atoms with Crippen molar-refractivity contribution in [3.8, 4) is 0 Å². The van der Waals surface area contributed by atoms with Crippen molar-refractivity contribution in [2.24, 2.45) is 7.05 Å². The number of aryl methyl sites for hydroxylation is 1. The van der Waals surface area contributed by atoms with Crippen LogP contribution in [0.5, 0.6) is 0 Å². The van der Waals surface area contributed by atoms with Gasteiger partial charge in [0.1, 0.15) is 15.5 Å². The predicted octanol–water partition coefficient (Wildman–Crippen LogP) is 15.2. The van der Waals surface area contributed by atoms with Crippen molar-refractivity contribution in [3.63, 3.8) is 0 Å². The van der Waals surface area contributed by atoms with Gasteiger partial charge in [0, 0.05) is 34.7 Å². The van der Waals surface area contributed by atoms with Crippen molar-refractivity contribution in [1.82, 2.24) is 19.5 Å². The smallest absolute Gasteiger partial charge is 0.309 e. The van der Waals surface area contributed by atoms with Crippen LogP contribution >= 0.6 is 133 Å². The average Bonchev–Trinajstić information content (AvgIpc) is 2.88. The van der Waals surface area contributed by atoms with Gasteiger partial charge in [0.15, 0.2) is 0 Å². The maximum Gasteiger partial charge on any atom is 0.339 e. The zero-order valence-electron chi connectivity index (χ0n) is 21.6. The van der Waals surface area contributed by atoms with Gasteiger partial charge >= 0.3 is 64.8 Å². The van der Waals surface area contributed by atoms with Gasteiger partial charge in [-0.15, -0.1) is 0 Å². The number of hydrogen-bond donors (Lipinski definition) is 0. The fourth-order valence-electron chi connectivity index (χ4n) is 3.76. The van der Waals surface area contributed by atoms with Crippen molar-refractivity contribution in [2.75, 3.05) is 0 Å². The Morgan fingerprint density at radius 2 is 0.826 bits per heavy atom. The van der Waals surface area contributed by atoms with Gasteiger partial charge in [-0.05, 0) is 76.2 Å². The normalized spacial score (nSPS) is 11.8. The summed E-state index contributed by atoms with van der Waals surface area (Å²) < 4.78 is 7.42. The number of aromatic nitrogens is 4. The molecule has 250 valence electrons. The van der Waals surface area contributed by atoms with Gasteiger partial charge in [-0.25, -0.2) is 15.0 Å². The summed E-state index contributed by atoms with van der Waals surface area (Å²) in [7, 11) is 1.74. The Morgan fingerprint density at radius 1 is 0.565 bits per heavy atom. The first-order valence-electron chi connectivity index (χ1n) is 11.5. The summed E-state index contributed by atoms with van der Waals surface area (Å²) in [6.07, 6.45) is 0.